The molecule has 0 atom stereocenters. The van der Waals surface area contributed by atoms with Crippen molar-refractivity contribution in [1.29, 1.82) is 0 Å². The maximum absolute atomic E-state index is 0. The van der Waals surface area contributed by atoms with Crippen molar-refractivity contribution >= 4 is 23.1 Å². The van der Waals surface area contributed by atoms with Gasteiger partial charge in [-0.25, -0.2) is 0 Å². The van der Waals surface area contributed by atoms with Crippen molar-refractivity contribution in [3.63, 3.8) is 0 Å². The molecule has 0 spiro atoms. The zero-order chi connectivity index (χ0) is 0. The Kier molecular flexibility index (Phi) is 111. The van der Waals surface area contributed by atoms with Crippen LogP contribution in [-0.2, 0) is 32.7 Å². The summed E-state index contributed by atoms with van der Waals surface area (Å²) in [6, 6.07) is 0. The molecule has 19 valence electrons. The summed E-state index contributed by atoms with van der Waals surface area (Å²) in [6.07, 6.45) is 0. The van der Waals surface area contributed by atoms with Crippen LogP contribution in [0.2, 0.25) is 0 Å². The van der Waals surface area contributed by atoms with Crippen molar-refractivity contribution in [3.8, 4) is 0 Å². The zero-order valence-corrected chi connectivity index (χ0v) is 7.62. The first-order valence-corrected chi connectivity index (χ1v) is 0. The van der Waals surface area contributed by atoms with Gasteiger partial charge in [0.15, 0.2) is 0 Å². The Bertz CT molecular complexity index is 8.00. The Morgan fingerprint density at radius 3 is 1.00 bits per heavy atom. The van der Waals surface area contributed by atoms with Crippen LogP contribution in [0.4, 0.5) is 0 Å². The summed E-state index contributed by atoms with van der Waals surface area (Å²) in [5, 5.41) is 0. The van der Waals surface area contributed by atoms with Gasteiger partial charge >= 0.3 is 23.1 Å². The van der Waals surface area contributed by atoms with E-state index >= 15 is 0 Å². The van der Waals surface area contributed by atoms with Crippen LogP contribution in [0.3, 0.4) is 0 Å². The third-order valence-corrected chi connectivity index (χ3v) is 0. The molecule has 4 heavy (non-hydrogen) atoms. The van der Waals surface area contributed by atoms with Crippen molar-refractivity contribution in [3.05, 3.63) is 0 Å². The molecule has 0 bridgehead atoms. The Morgan fingerprint density at radius 2 is 1.00 bits per heavy atom. The van der Waals surface area contributed by atoms with Crippen LogP contribution in [0.15, 0.2) is 0 Å². The Balaban J connectivity index is 0. The number of rotatable bonds is 0. The standard InChI is InChI=1S/Mg.Nd.H2O.Y.2H/h;;1H2;;;. The molecular weight excluding hydrogens is 273 g/mol. The first kappa shape index (κ1) is 27.1. The molecule has 0 saturated carbocycles. The topological polar surface area (TPSA) is 31.5 Å². The largest absolute Gasteiger partial charge is 0.412 e. The van der Waals surface area contributed by atoms with E-state index in [0.717, 1.165) is 0 Å². The summed E-state index contributed by atoms with van der Waals surface area (Å²) < 4.78 is 0. The SMILES string of the molecule is O.[MgH2].[Nd].[Y]. The summed E-state index contributed by atoms with van der Waals surface area (Å²) in [6.45, 7) is 0. The molecule has 0 saturated heterocycles. The molecule has 0 unspecified atom stereocenters. The van der Waals surface area contributed by atoms with Crippen LogP contribution in [0, 0.1) is 40.8 Å². The van der Waals surface area contributed by atoms with Gasteiger partial charge in [-0.1, -0.05) is 0 Å². The second-order valence-electron chi connectivity index (χ2n) is 0. The van der Waals surface area contributed by atoms with Crippen LogP contribution in [0.5, 0.6) is 0 Å². The molecular formula is H4MgNdOY. The first-order valence-electron chi connectivity index (χ1n) is 0. The van der Waals surface area contributed by atoms with Gasteiger partial charge in [-0.2, -0.15) is 0 Å². The van der Waals surface area contributed by atoms with Gasteiger partial charge in [0, 0.05) is 73.5 Å². The minimum Gasteiger partial charge on any atom is -0.412 e. The summed E-state index contributed by atoms with van der Waals surface area (Å²) in [7, 11) is 0. The summed E-state index contributed by atoms with van der Waals surface area (Å²) >= 11 is 0. The van der Waals surface area contributed by atoms with E-state index in [2.05, 4.69) is 0 Å². The van der Waals surface area contributed by atoms with E-state index in [1.165, 1.54) is 0 Å². The molecule has 0 rings (SSSR count). The fraction of sp³-hybridized carbons (Fsp3) is 0. The molecule has 2 N–H and O–H groups in total. The van der Waals surface area contributed by atoms with Crippen LogP contribution in [0.1, 0.15) is 0 Å². The molecule has 0 fully saturated rings. The molecule has 0 aliphatic carbocycles. The van der Waals surface area contributed by atoms with E-state index in [1.54, 1.807) is 0 Å². The van der Waals surface area contributed by atoms with Crippen molar-refractivity contribution in [2.24, 2.45) is 0 Å². The molecule has 0 aliphatic rings. The number of hydrogen-bond donors (Lipinski definition) is 0. The van der Waals surface area contributed by atoms with Gasteiger partial charge < -0.3 is 5.48 Å². The van der Waals surface area contributed by atoms with Gasteiger partial charge in [-0.3, -0.25) is 0 Å². The van der Waals surface area contributed by atoms with Gasteiger partial charge in [0.1, 0.15) is 0 Å². The van der Waals surface area contributed by atoms with Gasteiger partial charge in [0.25, 0.3) is 0 Å². The third-order valence-electron chi connectivity index (χ3n) is 0. The second-order valence-corrected chi connectivity index (χ2v) is 0. The van der Waals surface area contributed by atoms with Crippen LogP contribution >= 0.6 is 0 Å². The summed E-state index contributed by atoms with van der Waals surface area (Å²) in [5.74, 6) is 0. The quantitative estimate of drug-likeness (QED) is 0.471. The van der Waals surface area contributed by atoms with Gasteiger partial charge in [0.05, 0.1) is 0 Å². The van der Waals surface area contributed by atoms with Crippen LogP contribution < -0.4 is 0 Å². The van der Waals surface area contributed by atoms with Crippen molar-refractivity contribution in [2.45, 2.75) is 0 Å². The monoisotopic (exact) mass is 275 g/mol. The average Bonchev–Trinajstić information content (AvgIpc) is 0. The fourth-order valence-electron chi connectivity index (χ4n) is 0. The maximum atomic E-state index is 0. The summed E-state index contributed by atoms with van der Waals surface area (Å²) in [4.78, 5) is 0. The van der Waals surface area contributed by atoms with E-state index in [4.69, 9.17) is 0 Å². The Morgan fingerprint density at radius 1 is 1.00 bits per heavy atom. The predicted octanol–water partition coefficient (Wildman–Crippen LogP) is -1.74. The van der Waals surface area contributed by atoms with E-state index in [-0.39, 0.29) is 102 Å². The van der Waals surface area contributed by atoms with Crippen molar-refractivity contribution < 1.29 is 79.0 Å². The molecule has 1 radical (unpaired) electrons. The summed E-state index contributed by atoms with van der Waals surface area (Å²) in [5.41, 5.74) is 0. The molecule has 1 nitrogen and oxygen atoms in total. The third kappa shape index (κ3) is 8.95. The van der Waals surface area contributed by atoms with Gasteiger partial charge in [-0.05, 0) is 0 Å². The molecule has 0 aliphatic heterocycles. The maximum Gasteiger partial charge on any atom is 0.316 e. The normalized spacial score (nSPS) is 0. The van der Waals surface area contributed by atoms with E-state index in [0.29, 0.717) is 0 Å². The average molecular weight is 277 g/mol. The van der Waals surface area contributed by atoms with E-state index in [9.17, 15) is 0 Å². The van der Waals surface area contributed by atoms with Crippen LogP contribution in [0.25, 0.3) is 0 Å². The minimum atomic E-state index is 0. The van der Waals surface area contributed by atoms with Crippen LogP contribution in [-0.4, -0.2) is 28.5 Å². The molecule has 0 amide bonds. The number of hydrogen-bond acceptors (Lipinski definition) is 0. The molecule has 0 aromatic rings. The Hall–Kier alpha value is 3.18. The smallest absolute Gasteiger partial charge is 0.316 e. The van der Waals surface area contributed by atoms with E-state index < -0.39 is 0 Å². The van der Waals surface area contributed by atoms with Crippen molar-refractivity contribution in [2.75, 3.05) is 0 Å². The Labute approximate surface area is 99.5 Å². The fourth-order valence-corrected chi connectivity index (χ4v) is 0. The van der Waals surface area contributed by atoms with Gasteiger partial charge in [-0.15, -0.1) is 0 Å². The molecule has 0 heterocycles. The minimum absolute atomic E-state index is 0. The van der Waals surface area contributed by atoms with E-state index in [1.807, 2.05) is 0 Å². The molecule has 0 aromatic carbocycles. The molecule has 4 heteroatoms. The first-order chi connectivity index (χ1) is 0. The predicted molar refractivity (Wildman–Crippen MR) is 12.2 cm³/mol. The molecule has 0 aromatic heterocycles. The second kappa shape index (κ2) is 16.4. The zero-order valence-electron chi connectivity index (χ0n) is 1.58. The van der Waals surface area contributed by atoms with Gasteiger partial charge in [0.2, 0.25) is 0 Å². The van der Waals surface area contributed by atoms with Crippen molar-refractivity contribution in [1.82, 2.24) is 0 Å².